The molecule has 0 unspecified atom stereocenters. The maximum Gasteiger partial charge on any atom is 0.194 e. The summed E-state index contributed by atoms with van der Waals surface area (Å²) in [6.07, 6.45) is 5.76. The minimum Gasteiger partial charge on any atom is -0.386 e. The Kier molecular flexibility index (Phi) is 3.28. The van der Waals surface area contributed by atoms with E-state index in [1.807, 2.05) is 22.9 Å². The van der Waals surface area contributed by atoms with Crippen LogP contribution in [0.2, 0.25) is 5.02 Å². The maximum atomic E-state index is 6.48. The van der Waals surface area contributed by atoms with Crippen molar-refractivity contribution >= 4 is 38.8 Å². The number of rotatable bonds is 4. The molecule has 0 atom stereocenters. The number of nitrogens with one attached hydrogen (secondary N) is 2. The average Bonchev–Trinajstić information content (AvgIpc) is 3.16. The Balaban J connectivity index is 1.76. The monoisotopic (exact) mass is 343 g/mol. The fourth-order valence-corrected chi connectivity index (χ4v) is 3.86. The van der Waals surface area contributed by atoms with Crippen LogP contribution in [0.25, 0.3) is 26.3 Å². The van der Waals surface area contributed by atoms with Crippen LogP contribution in [0.3, 0.4) is 0 Å². The highest BCUT2D eigenvalue weighted by molar-refractivity contribution is 7.20. The minimum atomic E-state index is 0.448. The van der Waals surface area contributed by atoms with Crippen molar-refractivity contribution in [2.45, 2.75) is 6.54 Å². The van der Waals surface area contributed by atoms with Gasteiger partial charge < -0.3 is 16.0 Å². The predicted molar refractivity (Wildman–Crippen MR) is 95.5 cm³/mol. The summed E-state index contributed by atoms with van der Waals surface area (Å²) in [7, 11) is 0. The Morgan fingerprint density at radius 2 is 2.30 bits per heavy atom. The summed E-state index contributed by atoms with van der Waals surface area (Å²) < 4.78 is 2.00. The van der Waals surface area contributed by atoms with Crippen LogP contribution in [0.5, 0.6) is 0 Å². The summed E-state index contributed by atoms with van der Waals surface area (Å²) in [5, 5.41) is 4.80. The van der Waals surface area contributed by atoms with E-state index in [1.54, 1.807) is 17.5 Å². The second-order valence-corrected chi connectivity index (χ2v) is 6.72. The molecule has 23 heavy (non-hydrogen) atoms. The van der Waals surface area contributed by atoms with Gasteiger partial charge >= 0.3 is 0 Å². The van der Waals surface area contributed by atoms with Crippen LogP contribution in [0.15, 0.2) is 49.2 Å². The van der Waals surface area contributed by atoms with E-state index in [-0.39, 0.29) is 0 Å². The molecule has 5 nitrogen and oxygen atoms in total. The van der Waals surface area contributed by atoms with Gasteiger partial charge in [0.1, 0.15) is 0 Å². The number of aromatic amines is 1. The highest BCUT2D eigenvalue weighted by atomic mass is 35.5. The van der Waals surface area contributed by atoms with Crippen LogP contribution in [0.4, 0.5) is 0 Å². The number of imidazole rings is 1. The SMILES string of the molecule is C=C(N)NCc1cc2cc(Cl)c(-c3cn4ccnc4s3)cc2[nH]1. The number of benzene rings is 1. The third-order valence-electron chi connectivity index (χ3n) is 3.63. The van der Waals surface area contributed by atoms with Gasteiger partial charge in [-0.1, -0.05) is 29.5 Å². The lowest BCUT2D eigenvalue weighted by Crippen LogP contribution is -2.18. The van der Waals surface area contributed by atoms with Gasteiger partial charge in [-0.25, -0.2) is 4.98 Å². The van der Waals surface area contributed by atoms with Crippen molar-refractivity contribution in [3.05, 3.63) is 59.9 Å². The molecule has 0 fully saturated rings. The van der Waals surface area contributed by atoms with Crippen molar-refractivity contribution in [1.29, 1.82) is 0 Å². The zero-order valence-corrected chi connectivity index (χ0v) is 13.7. The van der Waals surface area contributed by atoms with Crippen molar-refractivity contribution in [1.82, 2.24) is 19.7 Å². The zero-order chi connectivity index (χ0) is 16.0. The summed E-state index contributed by atoms with van der Waals surface area (Å²) in [4.78, 5) is 9.72. The van der Waals surface area contributed by atoms with Crippen molar-refractivity contribution in [2.75, 3.05) is 0 Å². The molecule has 0 aliphatic carbocycles. The molecule has 0 bridgehead atoms. The summed E-state index contributed by atoms with van der Waals surface area (Å²) in [5.41, 5.74) is 8.60. The number of aromatic nitrogens is 3. The molecule has 3 aromatic heterocycles. The lowest BCUT2D eigenvalue weighted by Gasteiger charge is -2.02. The van der Waals surface area contributed by atoms with E-state index in [4.69, 9.17) is 17.3 Å². The predicted octanol–water partition coefficient (Wildman–Crippen LogP) is 3.72. The van der Waals surface area contributed by atoms with E-state index in [2.05, 4.69) is 34.0 Å². The Morgan fingerprint density at radius 3 is 3.09 bits per heavy atom. The molecule has 0 radical (unpaired) electrons. The number of H-pyrrole nitrogens is 1. The van der Waals surface area contributed by atoms with Gasteiger partial charge in [-0.05, 0) is 18.2 Å². The minimum absolute atomic E-state index is 0.448. The lowest BCUT2D eigenvalue weighted by molar-refractivity contribution is 0.788. The summed E-state index contributed by atoms with van der Waals surface area (Å²) >= 11 is 8.10. The normalized spacial score (nSPS) is 11.3. The molecule has 0 amide bonds. The first-order valence-corrected chi connectivity index (χ1v) is 8.22. The summed E-state index contributed by atoms with van der Waals surface area (Å²) in [6, 6.07) is 6.11. The summed E-state index contributed by atoms with van der Waals surface area (Å²) in [5.74, 6) is 0.448. The maximum absolute atomic E-state index is 6.48. The highest BCUT2D eigenvalue weighted by Crippen LogP contribution is 2.36. The molecule has 3 heterocycles. The zero-order valence-electron chi connectivity index (χ0n) is 12.1. The molecule has 116 valence electrons. The number of fused-ring (bicyclic) bond motifs is 2. The topological polar surface area (TPSA) is 71.1 Å². The molecule has 4 N–H and O–H groups in total. The van der Waals surface area contributed by atoms with E-state index in [0.717, 1.165) is 37.0 Å². The van der Waals surface area contributed by atoms with Gasteiger partial charge in [0, 0.05) is 40.8 Å². The molecule has 0 spiro atoms. The molecule has 4 rings (SSSR count). The number of nitrogens with zero attached hydrogens (tertiary/aromatic N) is 2. The Morgan fingerprint density at radius 1 is 1.43 bits per heavy atom. The molecular weight excluding hydrogens is 330 g/mol. The van der Waals surface area contributed by atoms with Gasteiger partial charge in [-0.15, -0.1) is 0 Å². The van der Waals surface area contributed by atoms with Gasteiger partial charge in [-0.3, -0.25) is 4.40 Å². The number of hydrogen-bond donors (Lipinski definition) is 3. The standard InChI is InChI=1S/C16H14ClN5S/c1-9(18)20-7-11-4-10-5-13(17)12(6-14(10)21-11)15-8-22-3-2-19-16(22)23-15/h2-6,8,20-21H,1,7,18H2. The summed E-state index contributed by atoms with van der Waals surface area (Å²) in [6.45, 7) is 4.23. The molecule has 0 saturated carbocycles. The van der Waals surface area contributed by atoms with Crippen molar-refractivity contribution < 1.29 is 0 Å². The van der Waals surface area contributed by atoms with E-state index in [9.17, 15) is 0 Å². The van der Waals surface area contributed by atoms with Crippen molar-refractivity contribution in [3.63, 3.8) is 0 Å². The van der Waals surface area contributed by atoms with E-state index < -0.39 is 0 Å². The smallest absolute Gasteiger partial charge is 0.194 e. The Bertz CT molecular complexity index is 997. The van der Waals surface area contributed by atoms with Crippen LogP contribution in [0.1, 0.15) is 5.69 Å². The van der Waals surface area contributed by atoms with Crippen LogP contribution in [-0.4, -0.2) is 14.4 Å². The third-order valence-corrected chi connectivity index (χ3v) is 4.98. The second-order valence-electron chi connectivity index (χ2n) is 5.31. The van der Waals surface area contributed by atoms with Crippen LogP contribution < -0.4 is 11.1 Å². The van der Waals surface area contributed by atoms with Crippen LogP contribution in [0, 0.1) is 0 Å². The molecule has 4 aromatic rings. The quantitative estimate of drug-likeness (QED) is 0.529. The molecule has 0 aliphatic heterocycles. The van der Waals surface area contributed by atoms with Crippen molar-refractivity contribution in [2.24, 2.45) is 5.73 Å². The van der Waals surface area contributed by atoms with Gasteiger partial charge in [0.15, 0.2) is 4.96 Å². The van der Waals surface area contributed by atoms with Crippen LogP contribution >= 0.6 is 22.9 Å². The van der Waals surface area contributed by atoms with E-state index in [1.165, 1.54) is 0 Å². The molecule has 1 aromatic carbocycles. The first kappa shape index (κ1) is 14.2. The van der Waals surface area contributed by atoms with Gasteiger partial charge in [-0.2, -0.15) is 0 Å². The van der Waals surface area contributed by atoms with E-state index in [0.29, 0.717) is 12.4 Å². The molecule has 7 heteroatoms. The molecule has 0 saturated heterocycles. The first-order valence-electron chi connectivity index (χ1n) is 7.02. The molecule has 0 aliphatic rings. The van der Waals surface area contributed by atoms with Crippen molar-refractivity contribution in [3.8, 4) is 10.4 Å². The Hall–Kier alpha value is -2.44. The molecular formula is C16H14ClN5S. The largest absolute Gasteiger partial charge is 0.386 e. The number of hydrogen-bond acceptors (Lipinski definition) is 4. The number of nitrogens with two attached hydrogens (primary N) is 1. The number of thiazole rings is 1. The average molecular weight is 344 g/mol. The fourth-order valence-electron chi connectivity index (χ4n) is 2.56. The Labute approximate surface area is 141 Å². The van der Waals surface area contributed by atoms with Gasteiger partial charge in [0.25, 0.3) is 0 Å². The third kappa shape index (κ3) is 2.56. The second kappa shape index (κ2) is 5.33. The first-order chi connectivity index (χ1) is 11.1. The van der Waals surface area contributed by atoms with Gasteiger partial charge in [0.2, 0.25) is 0 Å². The van der Waals surface area contributed by atoms with E-state index >= 15 is 0 Å². The number of halogens is 1. The van der Waals surface area contributed by atoms with Gasteiger partial charge in [0.05, 0.1) is 22.3 Å². The fraction of sp³-hybridized carbons (Fsp3) is 0.0625. The lowest BCUT2D eigenvalue weighted by atomic mass is 10.1. The highest BCUT2D eigenvalue weighted by Gasteiger charge is 2.11. The van der Waals surface area contributed by atoms with Crippen LogP contribution in [-0.2, 0) is 6.54 Å².